The SMILES string of the molecule is COc1cc(/C=C(\C#N)c2nc3ccccc3[nH]2)ccc1OCc1cccs1. The number of nitriles is 1. The number of nitrogens with zero attached hydrogens (tertiary/aromatic N) is 2. The number of nitrogens with one attached hydrogen (secondary N) is 1. The molecule has 0 spiro atoms. The molecule has 138 valence electrons. The van der Waals surface area contributed by atoms with E-state index in [1.165, 1.54) is 0 Å². The number of para-hydroxylation sites is 2. The fraction of sp³-hybridized carbons (Fsp3) is 0.0909. The van der Waals surface area contributed by atoms with Crippen molar-refractivity contribution in [3.63, 3.8) is 0 Å². The van der Waals surface area contributed by atoms with E-state index in [0.29, 0.717) is 29.5 Å². The summed E-state index contributed by atoms with van der Waals surface area (Å²) in [7, 11) is 1.60. The van der Waals surface area contributed by atoms with Gasteiger partial charge in [0.05, 0.1) is 23.7 Å². The predicted molar refractivity (Wildman–Crippen MR) is 111 cm³/mol. The lowest BCUT2D eigenvalue weighted by atomic mass is 10.1. The number of H-pyrrole nitrogens is 1. The van der Waals surface area contributed by atoms with E-state index in [9.17, 15) is 5.26 Å². The molecule has 0 amide bonds. The summed E-state index contributed by atoms with van der Waals surface area (Å²) in [4.78, 5) is 8.82. The first-order chi connectivity index (χ1) is 13.8. The van der Waals surface area contributed by atoms with Crippen molar-refractivity contribution in [2.45, 2.75) is 6.61 Å². The van der Waals surface area contributed by atoms with Gasteiger partial charge in [0.1, 0.15) is 18.5 Å². The van der Waals surface area contributed by atoms with Crippen LogP contribution in [0.3, 0.4) is 0 Å². The largest absolute Gasteiger partial charge is 0.493 e. The zero-order chi connectivity index (χ0) is 19.3. The number of hydrogen-bond acceptors (Lipinski definition) is 5. The van der Waals surface area contributed by atoms with Crippen molar-refractivity contribution in [2.24, 2.45) is 0 Å². The summed E-state index contributed by atoms with van der Waals surface area (Å²) in [5, 5.41) is 11.6. The molecule has 0 aliphatic heterocycles. The van der Waals surface area contributed by atoms with Crippen molar-refractivity contribution in [1.29, 1.82) is 5.26 Å². The number of allylic oxidation sites excluding steroid dienone is 1. The molecule has 2 aromatic heterocycles. The molecule has 6 heteroatoms. The Labute approximate surface area is 166 Å². The number of rotatable bonds is 6. The molecule has 0 unspecified atom stereocenters. The molecule has 0 aliphatic rings. The number of aromatic nitrogens is 2. The van der Waals surface area contributed by atoms with Crippen LogP contribution in [0.1, 0.15) is 16.3 Å². The molecule has 4 aromatic rings. The molecule has 0 saturated heterocycles. The van der Waals surface area contributed by atoms with E-state index in [2.05, 4.69) is 16.0 Å². The Morgan fingerprint density at radius 2 is 2.07 bits per heavy atom. The highest BCUT2D eigenvalue weighted by Crippen LogP contribution is 2.30. The maximum absolute atomic E-state index is 9.60. The van der Waals surface area contributed by atoms with E-state index in [1.54, 1.807) is 24.5 Å². The van der Waals surface area contributed by atoms with Gasteiger partial charge < -0.3 is 14.5 Å². The van der Waals surface area contributed by atoms with Crippen LogP contribution in [0.15, 0.2) is 60.0 Å². The van der Waals surface area contributed by atoms with Crippen molar-refractivity contribution in [3.8, 4) is 17.6 Å². The van der Waals surface area contributed by atoms with E-state index in [4.69, 9.17) is 9.47 Å². The Morgan fingerprint density at radius 1 is 1.18 bits per heavy atom. The average molecular weight is 387 g/mol. The highest BCUT2D eigenvalue weighted by atomic mass is 32.1. The first-order valence-corrected chi connectivity index (χ1v) is 9.55. The topological polar surface area (TPSA) is 70.9 Å². The Balaban J connectivity index is 1.61. The molecule has 0 bridgehead atoms. The summed E-state index contributed by atoms with van der Waals surface area (Å²) in [6.07, 6.45) is 1.78. The number of aromatic amines is 1. The third-order valence-corrected chi connectivity index (χ3v) is 5.06. The monoisotopic (exact) mass is 387 g/mol. The van der Waals surface area contributed by atoms with E-state index in [1.807, 2.05) is 60.0 Å². The predicted octanol–water partition coefficient (Wildman–Crippen LogP) is 5.28. The van der Waals surface area contributed by atoms with Crippen LogP contribution in [-0.2, 0) is 6.61 Å². The van der Waals surface area contributed by atoms with Crippen molar-refractivity contribution in [1.82, 2.24) is 9.97 Å². The van der Waals surface area contributed by atoms with Gasteiger partial charge in [0.15, 0.2) is 11.5 Å². The van der Waals surface area contributed by atoms with Gasteiger partial charge >= 0.3 is 0 Å². The third-order valence-electron chi connectivity index (χ3n) is 4.21. The van der Waals surface area contributed by atoms with Crippen LogP contribution in [0.2, 0.25) is 0 Å². The van der Waals surface area contributed by atoms with Crippen LogP contribution in [0, 0.1) is 11.3 Å². The fourth-order valence-corrected chi connectivity index (χ4v) is 3.45. The summed E-state index contributed by atoms with van der Waals surface area (Å²) in [6, 6.07) is 19.5. The van der Waals surface area contributed by atoms with E-state index < -0.39 is 0 Å². The summed E-state index contributed by atoms with van der Waals surface area (Å²) in [5.41, 5.74) is 3.00. The highest BCUT2D eigenvalue weighted by Gasteiger charge is 2.10. The molecular weight excluding hydrogens is 370 g/mol. The normalized spacial score (nSPS) is 11.4. The fourth-order valence-electron chi connectivity index (χ4n) is 2.84. The van der Waals surface area contributed by atoms with Gasteiger partial charge in [0.25, 0.3) is 0 Å². The van der Waals surface area contributed by atoms with Gasteiger partial charge in [0, 0.05) is 4.88 Å². The summed E-state index contributed by atoms with van der Waals surface area (Å²) in [6.45, 7) is 0.492. The highest BCUT2D eigenvalue weighted by molar-refractivity contribution is 7.09. The Kier molecular flexibility index (Phi) is 5.09. The summed E-state index contributed by atoms with van der Waals surface area (Å²) in [5.74, 6) is 1.82. The second kappa shape index (κ2) is 7.99. The first kappa shape index (κ1) is 17.8. The first-order valence-electron chi connectivity index (χ1n) is 8.67. The van der Waals surface area contributed by atoms with E-state index >= 15 is 0 Å². The standard InChI is InChI=1S/C22H17N3O2S/c1-26-21-12-15(8-9-20(21)27-14-17-5-4-10-28-17)11-16(13-23)22-24-18-6-2-3-7-19(18)25-22/h2-12H,14H2,1H3,(H,24,25)/b16-11+. The number of fused-ring (bicyclic) bond motifs is 1. The molecule has 5 nitrogen and oxygen atoms in total. The molecule has 1 N–H and O–H groups in total. The van der Waals surface area contributed by atoms with Gasteiger partial charge in [-0.1, -0.05) is 24.3 Å². The minimum absolute atomic E-state index is 0.450. The Bertz CT molecular complexity index is 1140. The van der Waals surface area contributed by atoms with Gasteiger partial charge in [-0.15, -0.1) is 11.3 Å². The molecule has 4 rings (SSSR count). The second-order valence-electron chi connectivity index (χ2n) is 6.05. The minimum Gasteiger partial charge on any atom is -0.493 e. The van der Waals surface area contributed by atoms with E-state index in [-0.39, 0.29) is 0 Å². The maximum Gasteiger partial charge on any atom is 0.161 e. The quantitative estimate of drug-likeness (QED) is 0.457. The van der Waals surface area contributed by atoms with Gasteiger partial charge in [-0.3, -0.25) is 0 Å². The molecule has 2 heterocycles. The molecule has 0 atom stereocenters. The van der Waals surface area contributed by atoms with Crippen LogP contribution in [0.25, 0.3) is 22.7 Å². The van der Waals surface area contributed by atoms with Crippen molar-refractivity contribution >= 4 is 34.0 Å². The summed E-state index contributed by atoms with van der Waals surface area (Å²) < 4.78 is 11.3. The third kappa shape index (κ3) is 3.75. The number of ether oxygens (including phenoxy) is 2. The lowest BCUT2D eigenvalue weighted by molar-refractivity contribution is 0.287. The van der Waals surface area contributed by atoms with Crippen LogP contribution in [0.5, 0.6) is 11.5 Å². The maximum atomic E-state index is 9.60. The second-order valence-corrected chi connectivity index (χ2v) is 7.08. The van der Waals surface area contributed by atoms with Crippen LogP contribution in [0.4, 0.5) is 0 Å². The smallest absolute Gasteiger partial charge is 0.161 e. The lowest BCUT2D eigenvalue weighted by Crippen LogP contribution is -1.96. The Morgan fingerprint density at radius 3 is 2.82 bits per heavy atom. The van der Waals surface area contributed by atoms with Crippen LogP contribution >= 0.6 is 11.3 Å². The Hall–Kier alpha value is -3.56. The minimum atomic E-state index is 0.450. The van der Waals surface area contributed by atoms with Gasteiger partial charge in [-0.05, 0) is 47.4 Å². The van der Waals surface area contributed by atoms with Crippen molar-refractivity contribution in [3.05, 3.63) is 76.2 Å². The average Bonchev–Trinajstić information content (AvgIpc) is 3.40. The zero-order valence-electron chi connectivity index (χ0n) is 15.2. The molecule has 0 radical (unpaired) electrons. The molecule has 0 aliphatic carbocycles. The number of methoxy groups -OCH3 is 1. The van der Waals surface area contributed by atoms with Gasteiger partial charge in [-0.2, -0.15) is 5.26 Å². The number of benzene rings is 2. The van der Waals surface area contributed by atoms with Crippen molar-refractivity contribution < 1.29 is 9.47 Å². The number of imidazole rings is 1. The van der Waals surface area contributed by atoms with E-state index in [0.717, 1.165) is 21.5 Å². The molecule has 2 aromatic carbocycles. The number of thiophene rings is 1. The summed E-state index contributed by atoms with van der Waals surface area (Å²) >= 11 is 1.65. The van der Waals surface area contributed by atoms with Gasteiger partial charge in [0.2, 0.25) is 0 Å². The number of hydrogen-bond donors (Lipinski definition) is 1. The van der Waals surface area contributed by atoms with Gasteiger partial charge in [-0.25, -0.2) is 4.98 Å². The molecular formula is C22H17N3O2S. The van der Waals surface area contributed by atoms with Crippen LogP contribution in [-0.4, -0.2) is 17.1 Å². The van der Waals surface area contributed by atoms with Crippen molar-refractivity contribution in [2.75, 3.05) is 7.11 Å². The molecule has 0 fully saturated rings. The molecule has 28 heavy (non-hydrogen) atoms. The van der Waals surface area contributed by atoms with Crippen LogP contribution < -0.4 is 9.47 Å². The lowest BCUT2D eigenvalue weighted by Gasteiger charge is -2.10. The molecule has 0 saturated carbocycles. The zero-order valence-corrected chi connectivity index (χ0v) is 16.0.